The molecule has 2 aromatic carbocycles. The third kappa shape index (κ3) is 2.50. The molecular formula is C21H19O2. The van der Waals surface area contributed by atoms with Gasteiger partial charge in [-0.3, -0.25) is 0 Å². The molecule has 2 nitrogen and oxygen atoms in total. The van der Waals surface area contributed by atoms with Gasteiger partial charge < -0.3 is 9.47 Å². The molecule has 1 heterocycles. The minimum atomic E-state index is -0.593. The van der Waals surface area contributed by atoms with Crippen molar-refractivity contribution in [1.29, 1.82) is 0 Å². The first-order chi connectivity index (χ1) is 11.3. The van der Waals surface area contributed by atoms with E-state index < -0.39 is 5.60 Å². The summed E-state index contributed by atoms with van der Waals surface area (Å²) in [6, 6.07) is 20.7. The van der Waals surface area contributed by atoms with Crippen molar-refractivity contribution in [1.82, 2.24) is 0 Å². The van der Waals surface area contributed by atoms with E-state index in [0.29, 0.717) is 0 Å². The average Bonchev–Trinajstić information content (AvgIpc) is 3.25. The highest BCUT2D eigenvalue weighted by atomic mass is 16.7. The Kier molecular flexibility index (Phi) is 3.96. The second-order valence-corrected chi connectivity index (χ2v) is 5.91. The number of ether oxygens (including phenoxy) is 2. The first-order valence-electron chi connectivity index (χ1n) is 7.96. The van der Waals surface area contributed by atoms with Crippen molar-refractivity contribution < 1.29 is 9.47 Å². The summed E-state index contributed by atoms with van der Waals surface area (Å²) in [5.74, 6) is 1.06. The summed E-state index contributed by atoms with van der Waals surface area (Å²) in [4.78, 5) is 0. The molecule has 1 aliphatic heterocycles. The molecule has 2 atom stereocenters. The molecule has 1 aliphatic carbocycles. The summed E-state index contributed by atoms with van der Waals surface area (Å²) in [6.45, 7) is 2.09. The Balaban J connectivity index is 1.77. The van der Waals surface area contributed by atoms with Crippen LogP contribution in [0.5, 0.6) is 0 Å². The fraction of sp³-hybridized carbons (Fsp3) is 0.190. The van der Waals surface area contributed by atoms with Gasteiger partial charge >= 0.3 is 0 Å². The topological polar surface area (TPSA) is 18.5 Å². The number of hydrogen-bond donors (Lipinski definition) is 0. The average molecular weight is 303 g/mol. The van der Waals surface area contributed by atoms with E-state index in [4.69, 9.17) is 9.47 Å². The van der Waals surface area contributed by atoms with Gasteiger partial charge in [0, 0.05) is 5.92 Å². The van der Waals surface area contributed by atoms with Crippen molar-refractivity contribution >= 4 is 0 Å². The van der Waals surface area contributed by atoms with Crippen molar-refractivity contribution in [3.63, 3.8) is 0 Å². The van der Waals surface area contributed by atoms with Crippen molar-refractivity contribution in [2.24, 2.45) is 0 Å². The summed E-state index contributed by atoms with van der Waals surface area (Å²) < 4.78 is 12.8. The third-order valence-corrected chi connectivity index (χ3v) is 4.56. The lowest BCUT2D eigenvalue weighted by Crippen LogP contribution is -2.36. The van der Waals surface area contributed by atoms with Crippen LogP contribution in [0.3, 0.4) is 0 Å². The summed E-state index contributed by atoms with van der Waals surface area (Å²) in [7, 11) is 0. The van der Waals surface area contributed by atoms with E-state index in [9.17, 15) is 0 Å². The Morgan fingerprint density at radius 1 is 0.783 bits per heavy atom. The molecule has 0 spiro atoms. The second-order valence-electron chi connectivity index (χ2n) is 5.91. The summed E-state index contributed by atoms with van der Waals surface area (Å²) in [5, 5.41) is 0. The molecule has 23 heavy (non-hydrogen) atoms. The van der Waals surface area contributed by atoms with Crippen LogP contribution >= 0.6 is 0 Å². The van der Waals surface area contributed by atoms with Crippen LogP contribution in [0.4, 0.5) is 0 Å². The highest BCUT2D eigenvalue weighted by Gasteiger charge is 2.52. The lowest BCUT2D eigenvalue weighted by molar-refractivity contribution is -0.0641. The Labute approximate surface area is 138 Å². The van der Waals surface area contributed by atoms with Gasteiger partial charge in [-0.05, 0) is 43.7 Å². The van der Waals surface area contributed by atoms with Crippen LogP contribution in [-0.4, -0.2) is 12.4 Å². The zero-order chi connectivity index (χ0) is 15.7. The second kappa shape index (κ2) is 6.10. The number of rotatable bonds is 3. The number of benzene rings is 2. The van der Waals surface area contributed by atoms with E-state index in [2.05, 4.69) is 31.2 Å². The maximum Gasteiger partial charge on any atom is 0.166 e. The lowest BCUT2D eigenvalue weighted by Gasteiger charge is -2.32. The van der Waals surface area contributed by atoms with Gasteiger partial charge in [0.15, 0.2) is 6.29 Å². The molecule has 0 aromatic heterocycles. The van der Waals surface area contributed by atoms with E-state index in [1.807, 2.05) is 62.1 Å². The zero-order valence-corrected chi connectivity index (χ0v) is 13.1. The van der Waals surface area contributed by atoms with Crippen LogP contribution < -0.4 is 0 Å². The van der Waals surface area contributed by atoms with Crippen molar-refractivity contribution in [2.75, 3.05) is 0 Å². The Hall–Kier alpha value is -1.64. The fourth-order valence-electron chi connectivity index (χ4n) is 3.41. The molecule has 2 aromatic rings. The third-order valence-electron chi connectivity index (χ3n) is 4.56. The Morgan fingerprint density at radius 2 is 1.30 bits per heavy atom. The molecular weight excluding hydrogens is 284 g/mol. The molecule has 2 fully saturated rings. The van der Waals surface area contributed by atoms with Crippen LogP contribution in [0.25, 0.3) is 0 Å². The van der Waals surface area contributed by atoms with E-state index in [0.717, 1.165) is 17.0 Å². The Bertz CT molecular complexity index is 592. The minimum Gasteiger partial charge on any atom is -0.345 e. The Morgan fingerprint density at radius 3 is 1.83 bits per heavy atom. The maximum absolute atomic E-state index is 6.56. The first-order valence-corrected chi connectivity index (χ1v) is 7.96. The van der Waals surface area contributed by atoms with Crippen LogP contribution in [0.2, 0.25) is 0 Å². The first kappa shape index (κ1) is 14.9. The summed E-state index contributed by atoms with van der Waals surface area (Å²) >= 11 is 0. The van der Waals surface area contributed by atoms with Gasteiger partial charge in [-0.2, -0.15) is 0 Å². The SMILES string of the molecule is C[C@@H]1OC([C]2[CH][CH][CH][CH]2)OC1(c1ccccc1)c1ccccc1. The van der Waals surface area contributed by atoms with Gasteiger partial charge in [0.2, 0.25) is 0 Å². The van der Waals surface area contributed by atoms with E-state index in [1.165, 1.54) is 0 Å². The van der Waals surface area contributed by atoms with E-state index in [1.54, 1.807) is 0 Å². The van der Waals surface area contributed by atoms with Gasteiger partial charge in [0.05, 0.1) is 6.10 Å². The smallest absolute Gasteiger partial charge is 0.166 e. The van der Waals surface area contributed by atoms with Crippen LogP contribution in [0, 0.1) is 31.6 Å². The minimum absolute atomic E-state index is 0.0906. The fourth-order valence-corrected chi connectivity index (χ4v) is 3.41. The monoisotopic (exact) mass is 303 g/mol. The van der Waals surface area contributed by atoms with Gasteiger partial charge in [-0.25, -0.2) is 0 Å². The largest absolute Gasteiger partial charge is 0.345 e. The van der Waals surface area contributed by atoms with Gasteiger partial charge in [0.25, 0.3) is 0 Å². The van der Waals surface area contributed by atoms with Gasteiger partial charge in [-0.15, -0.1) is 0 Å². The summed E-state index contributed by atoms with van der Waals surface area (Å²) in [6.07, 6.45) is 7.68. The van der Waals surface area contributed by atoms with Gasteiger partial charge in [0.1, 0.15) is 5.60 Å². The summed E-state index contributed by atoms with van der Waals surface area (Å²) in [5.41, 5.74) is 1.64. The predicted molar refractivity (Wildman–Crippen MR) is 89.5 cm³/mol. The molecule has 5 radical (unpaired) electrons. The molecule has 4 rings (SSSR count). The van der Waals surface area contributed by atoms with Crippen LogP contribution in [-0.2, 0) is 15.1 Å². The van der Waals surface area contributed by atoms with Gasteiger partial charge in [-0.1, -0.05) is 60.7 Å². The lowest BCUT2D eigenvalue weighted by atomic mass is 9.82. The maximum atomic E-state index is 6.56. The molecule has 0 amide bonds. The van der Waals surface area contributed by atoms with E-state index >= 15 is 0 Å². The standard InChI is InChI=1S/C21H19O2/c1-16-21(18-12-4-2-5-13-18,19-14-6-3-7-15-19)23-20(22-16)17-10-8-9-11-17/h2-16,20H,1H3/t16-,20?/m0/s1. The normalized spacial score (nSPS) is 27.3. The zero-order valence-electron chi connectivity index (χ0n) is 13.1. The molecule has 115 valence electrons. The van der Waals surface area contributed by atoms with Crippen molar-refractivity contribution in [3.8, 4) is 0 Å². The molecule has 2 aliphatic rings. The quantitative estimate of drug-likeness (QED) is 0.850. The molecule has 1 saturated heterocycles. The highest BCUT2D eigenvalue weighted by molar-refractivity contribution is 5.42. The molecule has 0 bridgehead atoms. The molecule has 0 N–H and O–H groups in total. The molecule has 2 heteroatoms. The van der Waals surface area contributed by atoms with Crippen molar-refractivity contribution in [3.05, 3.63) is 103 Å². The van der Waals surface area contributed by atoms with Crippen LogP contribution in [0.1, 0.15) is 18.1 Å². The molecule has 1 unspecified atom stereocenters. The van der Waals surface area contributed by atoms with E-state index in [-0.39, 0.29) is 12.4 Å². The number of hydrogen-bond acceptors (Lipinski definition) is 2. The van der Waals surface area contributed by atoms with Crippen molar-refractivity contribution in [2.45, 2.75) is 24.9 Å². The highest BCUT2D eigenvalue weighted by Crippen LogP contribution is 2.48. The van der Waals surface area contributed by atoms with Crippen LogP contribution in [0.15, 0.2) is 60.7 Å². The predicted octanol–water partition coefficient (Wildman–Crippen LogP) is 4.10. The molecule has 1 saturated carbocycles.